The molecule has 0 atom stereocenters. The van der Waals surface area contributed by atoms with Gasteiger partial charge >= 0.3 is 7.12 Å². The SMILES string of the molecule is C#CCCn1cc(B2OC(C)(C)C(C)(C)O2)cn1. The van der Waals surface area contributed by atoms with Crippen LogP contribution in [0.5, 0.6) is 0 Å². The molecule has 1 aromatic heterocycles. The molecule has 0 N–H and O–H groups in total. The quantitative estimate of drug-likeness (QED) is 0.594. The van der Waals surface area contributed by atoms with E-state index >= 15 is 0 Å². The number of aryl methyl sites for hydroxylation is 1. The summed E-state index contributed by atoms with van der Waals surface area (Å²) in [5.74, 6) is 2.60. The Balaban J connectivity index is 2.10. The maximum Gasteiger partial charge on any atom is 0.498 e. The lowest BCUT2D eigenvalue weighted by molar-refractivity contribution is 0.00578. The second-order valence-corrected chi connectivity index (χ2v) is 5.58. The predicted molar refractivity (Wildman–Crippen MR) is 71.4 cm³/mol. The van der Waals surface area contributed by atoms with Gasteiger partial charge in [0.05, 0.1) is 17.7 Å². The van der Waals surface area contributed by atoms with Crippen LogP contribution in [0.25, 0.3) is 0 Å². The van der Waals surface area contributed by atoms with Crippen molar-refractivity contribution < 1.29 is 9.31 Å². The standard InChI is InChI=1S/C13H19BN2O2/c1-6-7-8-16-10-11(9-15-16)14-17-12(2,3)13(4,5)18-14/h1,9-10H,7-8H2,2-5H3. The molecular formula is C13H19BN2O2. The van der Waals surface area contributed by atoms with Crippen molar-refractivity contribution in [2.75, 3.05) is 0 Å². The number of rotatable bonds is 3. The minimum absolute atomic E-state index is 0.321. The minimum atomic E-state index is -0.352. The molecule has 0 amide bonds. The Hall–Kier alpha value is -1.25. The van der Waals surface area contributed by atoms with Crippen molar-refractivity contribution in [2.24, 2.45) is 0 Å². The molecule has 1 fully saturated rings. The van der Waals surface area contributed by atoms with Gasteiger partial charge in [-0.2, -0.15) is 5.10 Å². The van der Waals surface area contributed by atoms with Crippen molar-refractivity contribution >= 4 is 12.6 Å². The van der Waals surface area contributed by atoms with Gasteiger partial charge in [-0.05, 0) is 27.7 Å². The molecule has 1 aromatic rings. The first-order valence-corrected chi connectivity index (χ1v) is 6.17. The van der Waals surface area contributed by atoms with Crippen LogP contribution in [0.1, 0.15) is 34.1 Å². The Morgan fingerprint density at radius 3 is 2.50 bits per heavy atom. The van der Waals surface area contributed by atoms with Gasteiger partial charge in [-0.25, -0.2) is 0 Å². The maximum atomic E-state index is 5.95. The number of hydrogen-bond acceptors (Lipinski definition) is 3. The van der Waals surface area contributed by atoms with Crippen molar-refractivity contribution in [2.45, 2.75) is 51.9 Å². The molecule has 1 aliphatic heterocycles. The monoisotopic (exact) mass is 246 g/mol. The van der Waals surface area contributed by atoms with Gasteiger partial charge in [0.25, 0.3) is 0 Å². The van der Waals surface area contributed by atoms with E-state index in [1.165, 1.54) is 0 Å². The van der Waals surface area contributed by atoms with Crippen molar-refractivity contribution in [3.05, 3.63) is 12.4 Å². The summed E-state index contributed by atoms with van der Waals surface area (Å²) in [6.45, 7) is 8.87. The number of hydrogen-bond donors (Lipinski definition) is 0. The van der Waals surface area contributed by atoms with Gasteiger partial charge in [0.2, 0.25) is 0 Å². The van der Waals surface area contributed by atoms with Crippen LogP contribution in [0.2, 0.25) is 0 Å². The van der Waals surface area contributed by atoms with Crippen LogP contribution >= 0.6 is 0 Å². The highest BCUT2D eigenvalue weighted by Gasteiger charge is 2.52. The first-order chi connectivity index (χ1) is 8.36. The van der Waals surface area contributed by atoms with Gasteiger partial charge in [-0.3, -0.25) is 4.68 Å². The van der Waals surface area contributed by atoms with E-state index in [1.807, 2.05) is 38.6 Å². The molecule has 2 heterocycles. The highest BCUT2D eigenvalue weighted by Crippen LogP contribution is 2.36. The van der Waals surface area contributed by atoms with Crippen LogP contribution in [0.3, 0.4) is 0 Å². The van der Waals surface area contributed by atoms with Crippen molar-refractivity contribution in [3.8, 4) is 12.3 Å². The molecule has 5 heteroatoms. The molecule has 1 saturated heterocycles. The van der Waals surface area contributed by atoms with Crippen LogP contribution in [0, 0.1) is 12.3 Å². The van der Waals surface area contributed by atoms with Crippen molar-refractivity contribution in [1.82, 2.24) is 9.78 Å². The van der Waals surface area contributed by atoms with E-state index in [0.29, 0.717) is 6.42 Å². The molecule has 4 nitrogen and oxygen atoms in total. The molecule has 96 valence electrons. The zero-order chi connectivity index (χ0) is 13.4. The van der Waals surface area contributed by atoms with Crippen molar-refractivity contribution in [3.63, 3.8) is 0 Å². The van der Waals surface area contributed by atoms with Gasteiger partial charge < -0.3 is 9.31 Å². The van der Waals surface area contributed by atoms with E-state index in [0.717, 1.165) is 12.0 Å². The van der Waals surface area contributed by atoms with E-state index in [2.05, 4.69) is 11.0 Å². The molecule has 1 aliphatic rings. The van der Waals surface area contributed by atoms with Crippen LogP contribution in [0.15, 0.2) is 12.4 Å². The summed E-state index contributed by atoms with van der Waals surface area (Å²) in [7, 11) is -0.352. The van der Waals surface area contributed by atoms with Crippen LogP contribution in [-0.4, -0.2) is 28.1 Å². The lowest BCUT2D eigenvalue weighted by atomic mass is 9.82. The highest BCUT2D eigenvalue weighted by atomic mass is 16.7. The first-order valence-electron chi connectivity index (χ1n) is 6.17. The Labute approximate surface area is 109 Å². The van der Waals surface area contributed by atoms with E-state index in [-0.39, 0.29) is 18.3 Å². The molecule has 2 rings (SSSR count). The first kappa shape index (κ1) is 13.2. The van der Waals surface area contributed by atoms with Gasteiger partial charge in [0.15, 0.2) is 0 Å². The predicted octanol–water partition coefficient (Wildman–Crippen LogP) is 1.21. The minimum Gasteiger partial charge on any atom is -0.399 e. The molecule has 0 saturated carbocycles. The van der Waals surface area contributed by atoms with Crippen LogP contribution in [0.4, 0.5) is 0 Å². The Kier molecular flexibility index (Phi) is 3.26. The Bertz CT molecular complexity index is 458. The zero-order valence-corrected chi connectivity index (χ0v) is 11.4. The third-order valence-electron chi connectivity index (χ3n) is 3.66. The summed E-state index contributed by atoms with van der Waals surface area (Å²) in [6, 6.07) is 0. The third kappa shape index (κ3) is 2.31. The fraction of sp³-hybridized carbons (Fsp3) is 0.615. The fourth-order valence-corrected chi connectivity index (χ4v) is 1.78. The Morgan fingerprint density at radius 2 is 1.94 bits per heavy atom. The largest absolute Gasteiger partial charge is 0.498 e. The summed E-state index contributed by atoms with van der Waals surface area (Å²) in [6.07, 6.45) is 9.61. The Morgan fingerprint density at radius 1 is 1.33 bits per heavy atom. The van der Waals surface area contributed by atoms with Gasteiger partial charge in [0.1, 0.15) is 0 Å². The molecular weight excluding hydrogens is 227 g/mol. The molecule has 0 unspecified atom stereocenters. The van der Waals surface area contributed by atoms with Crippen molar-refractivity contribution in [1.29, 1.82) is 0 Å². The van der Waals surface area contributed by atoms with Gasteiger partial charge in [-0.15, -0.1) is 12.3 Å². The van der Waals surface area contributed by atoms with Crippen LogP contribution in [-0.2, 0) is 15.9 Å². The number of aromatic nitrogens is 2. The second-order valence-electron chi connectivity index (χ2n) is 5.58. The summed E-state index contributed by atoms with van der Waals surface area (Å²) >= 11 is 0. The smallest absolute Gasteiger partial charge is 0.399 e. The zero-order valence-electron chi connectivity index (χ0n) is 11.4. The summed E-state index contributed by atoms with van der Waals surface area (Å²) in [5, 5.41) is 4.25. The lowest BCUT2D eigenvalue weighted by Gasteiger charge is -2.32. The average Bonchev–Trinajstić information content (AvgIpc) is 2.80. The average molecular weight is 246 g/mol. The summed E-state index contributed by atoms with van der Waals surface area (Å²) < 4.78 is 13.7. The summed E-state index contributed by atoms with van der Waals surface area (Å²) in [5.41, 5.74) is 0.294. The highest BCUT2D eigenvalue weighted by molar-refractivity contribution is 6.61. The van der Waals surface area contributed by atoms with Gasteiger partial charge in [0, 0.05) is 24.3 Å². The number of terminal acetylenes is 1. The van der Waals surface area contributed by atoms with Crippen LogP contribution < -0.4 is 5.46 Å². The number of nitrogens with zero attached hydrogens (tertiary/aromatic N) is 2. The molecule has 0 aliphatic carbocycles. The lowest BCUT2D eigenvalue weighted by Crippen LogP contribution is -2.41. The third-order valence-corrected chi connectivity index (χ3v) is 3.66. The van der Waals surface area contributed by atoms with E-state index in [9.17, 15) is 0 Å². The fourth-order valence-electron chi connectivity index (χ4n) is 1.78. The van der Waals surface area contributed by atoms with Gasteiger partial charge in [-0.1, -0.05) is 0 Å². The van der Waals surface area contributed by atoms with E-state index in [4.69, 9.17) is 15.7 Å². The molecule has 0 aromatic carbocycles. The molecule has 18 heavy (non-hydrogen) atoms. The molecule has 0 radical (unpaired) electrons. The molecule has 0 spiro atoms. The maximum absolute atomic E-state index is 5.95. The topological polar surface area (TPSA) is 36.3 Å². The van der Waals surface area contributed by atoms with E-state index < -0.39 is 0 Å². The normalized spacial score (nSPS) is 20.9. The summed E-state index contributed by atoms with van der Waals surface area (Å²) in [4.78, 5) is 0. The molecule has 0 bridgehead atoms. The second kappa shape index (κ2) is 4.45. The van der Waals surface area contributed by atoms with E-state index in [1.54, 1.807) is 6.20 Å².